The van der Waals surface area contributed by atoms with Crippen molar-refractivity contribution in [1.29, 1.82) is 0 Å². The largest absolute Gasteiger partial charge is 0.497 e. The van der Waals surface area contributed by atoms with Crippen LogP contribution >= 0.6 is 15.9 Å². The Morgan fingerprint density at radius 2 is 1.67 bits per heavy atom. The van der Waals surface area contributed by atoms with Crippen molar-refractivity contribution in [3.63, 3.8) is 0 Å². The number of aromatic nitrogens is 1. The maximum atomic E-state index is 13.5. The second-order valence-electron chi connectivity index (χ2n) is 8.47. The van der Waals surface area contributed by atoms with Crippen LogP contribution in [-0.2, 0) is 0 Å². The standard InChI is InChI=1S/C28H27BrN2O2/c1-17(2)19-8-10-20(11-9-19)18(3)30-28(32)25-16-27(21-6-5-7-23(14-21)33-4)31-26-13-12-22(29)15-24(25)26/h5-18H,1-4H3,(H,30,32)/t18-/m1/s1. The van der Waals surface area contributed by atoms with E-state index in [9.17, 15) is 4.79 Å². The molecule has 0 bridgehead atoms. The number of nitrogens with one attached hydrogen (secondary N) is 1. The molecule has 0 aliphatic carbocycles. The lowest BCUT2D eigenvalue weighted by molar-refractivity contribution is 0.0941. The highest BCUT2D eigenvalue weighted by Crippen LogP contribution is 2.29. The Bertz CT molecular complexity index is 1300. The lowest BCUT2D eigenvalue weighted by Crippen LogP contribution is -2.27. The van der Waals surface area contributed by atoms with Gasteiger partial charge in [0.15, 0.2) is 0 Å². The molecule has 4 rings (SSSR count). The van der Waals surface area contributed by atoms with E-state index in [1.165, 1.54) is 5.56 Å². The minimum Gasteiger partial charge on any atom is -0.497 e. The van der Waals surface area contributed by atoms with Gasteiger partial charge in [-0.3, -0.25) is 4.79 Å². The van der Waals surface area contributed by atoms with Crippen LogP contribution in [-0.4, -0.2) is 18.0 Å². The van der Waals surface area contributed by atoms with Gasteiger partial charge in [-0.1, -0.05) is 66.2 Å². The van der Waals surface area contributed by atoms with Crippen molar-refractivity contribution in [3.8, 4) is 17.0 Å². The first kappa shape index (κ1) is 23.0. The number of ether oxygens (including phenoxy) is 1. The van der Waals surface area contributed by atoms with Crippen molar-refractivity contribution in [2.45, 2.75) is 32.7 Å². The summed E-state index contributed by atoms with van der Waals surface area (Å²) in [5.74, 6) is 1.08. The van der Waals surface area contributed by atoms with Crippen molar-refractivity contribution < 1.29 is 9.53 Å². The van der Waals surface area contributed by atoms with Crippen LogP contribution in [0.25, 0.3) is 22.2 Å². The third kappa shape index (κ3) is 5.09. The molecule has 1 N–H and O–H groups in total. The molecule has 0 unspecified atom stereocenters. The summed E-state index contributed by atoms with van der Waals surface area (Å²) < 4.78 is 6.27. The first-order chi connectivity index (χ1) is 15.9. The predicted molar refractivity (Wildman–Crippen MR) is 138 cm³/mol. The maximum absolute atomic E-state index is 13.5. The van der Waals surface area contributed by atoms with Crippen molar-refractivity contribution >= 4 is 32.7 Å². The summed E-state index contributed by atoms with van der Waals surface area (Å²) in [6.07, 6.45) is 0. The Morgan fingerprint density at radius 1 is 0.939 bits per heavy atom. The summed E-state index contributed by atoms with van der Waals surface area (Å²) in [7, 11) is 1.64. The normalized spacial score (nSPS) is 12.1. The van der Waals surface area contributed by atoms with Gasteiger partial charge in [0.05, 0.1) is 29.9 Å². The van der Waals surface area contributed by atoms with Crippen LogP contribution in [0.5, 0.6) is 5.75 Å². The Morgan fingerprint density at radius 3 is 2.36 bits per heavy atom. The van der Waals surface area contributed by atoms with Gasteiger partial charge < -0.3 is 10.1 Å². The summed E-state index contributed by atoms with van der Waals surface area (Å²) in [4.78, 5) is 18.3. The number of methoxy groups -OCH3 is 1. The molecule has 1 atom stereocenters. The average Bonchev–Trinajstić information content (AvgIpc) is 2.83. The van der Waals surface area contributed by atoms with Gasteiger partial charge in [0.2, 0.25) is 0 Å². The Labute approximate surface area is 203 Å². The molecule has 0 aliphatic heterocycles. The fraction of sp³-hybridized carbons (Fsp3) is 0.214. The van der Waals surface area contributed by atoms with Crippen LogP contribution in [0.4, 0.5) is 0 Å². The average molecular weight is 503 g/mol. The van der Waals surface area contributed by atoms with E-state index >= 15 is 0 Å². The smallest absolute Gasteiger partial charge is 0.252 e. The van der Waals surface area contributed by atoms with Gasteiger partial charge in [-0.2, -0.15) is 0 Å². The van der Waals surface area contributed by atoms with Crippen molar-refractivity contribution in [3.05, 3.63) is 94.0 Å². The zero-order valence-corrected chi connectivity index (χ0v) is 20.8. The van der Waals surface area contributed by atoms with Crippen LogP contribution in [0.2, 0.25) is 0 Å². The molecule has 1 aromatic heterocycles. The van der Waals surface area contributed by atoms with Crippen molar-refractivity contribution in [2.24, 2.45) is 0 Å². The molecule has 0 fully saturated rings. The minimum atomic E-state index is -0.134. The summed E-state index contributed by atoms with van der Waals surface area (Å²) in [5, 5.41) is 3.97. The van der Waals surface area contributed by atoms with Crippen LogP contribution < -0.4 is 10.1 Å². The van der Waals surface area contributed by atoms with Crippen LogP contribution in [0.3, 0.4) is 0 Å². The molecule has 0 radical (unpaired) electrons. The number of hydrogen-bond acceptors (Lipinski definition) is 3. The van der Waals surface area contributed by atoms with E-state index in [0.29, 0.717) is 11.5 Å². The number of halogens is 1. The topological polar surface area (TPSA) is 51.2 Å². The number of carbonyl (C=O) groups is 1. The Hall–Kier alpha value is -3.18. The molecule has 168 valence electrons. The molecule has 0 spiro atoms. The molecule has 33 heavy (non-hydrogen) atoms. The fourth-order valence-corrected chi connectivity index (χ4v) is 4.20. The Balaban J connectivity index is 1.71. The highest BCUT2D eigenvalue weighted by Gasteiger charge is 2.17. The lowest BCUT2D eigenvalue weighted by Gasteiger charge is -2.17. The zero-order valence-electron chi connectivity index (χ0n) is 19.2. The third-order valence-electron chi connectivity index (χ3n) is 5.83. The van der Waals surface area contributed by atoms with Gasteiger partial charge in [0, 0.05) is 15.4 Å². The number of hydrogen-bond donors (Lipinski definition) is 1. The van der Waals surface area contributed by atoms with E-state index in [2.05, 4.69) is 59.4 Å². The van der Waals surface area contributed by atoms with Crippen molar-refractivity contribution in [2.75, 3.05) is 7.11 Å². The summed E-state index contributed by atoms with van der Waals surface area (Å²) in [6, 6.07) is 23.7. The number of fused-ring (bicyclic) bond motifs is 1. The van der Waals surface area contributed by atoms with Crippen LogP contribution in [0, 0.1) is 0 Å². The van der Waals surface area contributed by atoms with Crippen molar-refractivity contribution in [1.82, 2.24) is 10.3 Å². The Kier molecular flexibility index (Phi) is 6.80. The second-order valence-corrected chi connectivity index (χ2v) is 9.38. The maximum Gasteiger partial charge on any atom is 0.252 e. The minimum absolute atomic E-state index is 0.130. The molecule has 1 heterocycles. The second kappa shape index (κ2) is 9.75. The molecule has 4 aromatic rings. The highest BCUT2D eigenvalue weighted by molar-refractivity contribution is 9.10. The zero-order chi connectivity index (χ0) is 23.5. The van der Waals surface area contributed by atoms with E-state index in [-0.39, 0.29) is 11.9 Å². The predicted octanol–water partition coefficient (Wildman–Crippen LogP) is 7.29. The van der Waals surface area contributed by atoms with Crippen LogP contribution in [0.1, 0.15) is 54.2 Å². The number of nitrogens with zero attached hydrogens (tertiary/aromatic N) is 1. The van der Waals surface area contributed by atoms with E-state index in [1.54, 1.807) is 7.11 Å². The highest BCUT2D eigenvalue weighted by atomic mass is 79.9. The summed E-state index contributed by atoms with van der Waals surface area (Å²) >= 11 is 3.53. The molecular formula is C28H27BrN2O2. The van der Waals surface area contributed by atoms with Gasteiger partial charge in [0.25, 0.3) is 5.91 Å². The summed E-state index contributed by atoms with van der Waals surface area (Å²) in [5.41, 5.74) is 5.32. The van der Waals surface area contributed by atoms with Crippen LogP contribution in [0.15, 0.2) is 77.3 Å². The molecule has 0 aliphatic rings. The molecule has 1 amide bonds. The summed E-state index contributed by atoms with van der Waals surface area (Å²) in [6.45, 7) is 6.35. The molecule has 0 saturated carbocycles. The van der Waals surface area contributed by atoms with E-state index < -0.39 is 0 Å². The van der Waals surface area contributed by atoms with E-state index in [1.807, 2.05) is 55.5 Å². The monoisotopic (exact) mass is 502 g/mol. The first-order valence-corrected chi connectivity index (χ1v) is 11.8. The van der Waals surface area contributed by atoms with E-state index in [0.717, 1.165) is 37.9 Å². The number of pyridine rings is 1. The first-order valence-electron chi connectivity index (χ1n) is 11.0. The van der Waals surface area contributed by atoms with Gasteiger partial charge in [0.1, 0.15) is 5.75 Å². The van der Waals surface area contributed by atoms with E-state index in [4.69, 9.17) is 9.72 Å². The molecular weight excluding hydrogens is 476 g/mol. The number of benzene rings is 3. The number of amides is 1. The lowest BCUT2D eigenvalue weighted by atomic mass is 9.99. The van der Waals surface area contributed by atoms with Gasteiger partial charge in [-0.05, 0) is 60.4 Å². The molecule has 3 aromatic carbocycles. The quantitative estimate of drug-likeness (QED) is 0.301. The molecule has 0 saturated heterocycles. The van der Waals surface area contributed by atoms with Gasteiger partial charge in [-0.25, -0.2) is 4.98 Å². The van der Waals surface area contributed by atoms with Gasteiger partial charge in [-0.15, -0.1) is 0 Å². The SMILES string of the molecule is COc1cccc(-c2cc(C(=O)N[C@H](C)c3ccc(C(C)C)cc3)c3cc(Br)ccc3n2)c1. The molecule has 4 nitrogen and oxygen atoms in total. The number of carbonyl (C=O) groups excluding carboxylic acids is 1. The fourth-order valence-electron chi connectivity index (χ4n) is 3.84. The number of rotatable bonds is 6. The van der Waals surface area contributed by atoms with Gasteiger partial charge >= 0.3 is 0 Å². The molecule has 5 heteroatoms. The third-order valence-corrected chi connectivity index (χ3v) is 6.32.